The van der Waals surface area contributed by atoms with Crippen LogP contribution in [0.2, 0.25) is 0 Å². The van der Waals surface area contributed by atoms with Crippen LogP contribution in [0.5, 0.6) is 0 Å². The minimum absolute atomic E-state index is 0.0000379. The first-order valence-electron chi connectivity index (χ1n) is 11.2. The number of aromatic nitrogens is 2. The molecule has 1 aromatic heterocycles. The van der Waals surface area contributed by atoms with Crippen LogP contribution in [0.25, 0.3) is 0 Å². The Bertz CT molecular complexity index is 925. The quantitative estimate of drug-likeness (QED) is 0.759. The average Bonchev–Trinajstić information content (AvgIpc) is 3.31. The molecule has 2 aromatic rings. The number of para-hydroxylation sites is 2. The Morgan fingerprint density at radius 3 is 2.61 bits per heavy atom. The van der Waals surface area contributed by atoms with E-state index in [0.29, 0.717) is 32.6 Å². The predicted molar refractivity (Wildman–Crippen MR) is 118 cm³/mol. The van der Waals surface area contributed by atoms with Crippen LogP contribution in [-0.4, -0.2) is 70.4 Å². The standard InChI is InChI=1S/C23H31N5O3/c1-26-9-8-24-22(26)23(30)14-17-6-7-18(15-23)28(17)16-21(29)25-19-4-2-3-5-20(19)27-10-12-31-13-11-27/h2-5,8-9,17-18,30H,6-7,10-16H2,1H3,(H,25,29)/t17-,18-/m1/s1. The fraction of sp³-hybridized carbons (Fsp3) is 0.565. The van der Waals surface area contributed by atoms with Gasteiger partial charge in [0.2, 0.25) is 5.91 Å². The summed E-state index contributed by atoms with van der Waals surface area (Å²) in [5.74, 6) is 0.730. The number of ether oxygens (including phenoxy) is 1. The average molecular weight is 426 g/mol. The molecule has 1 amide bonds. The number of aryl methyl sites for hydroxylation is 1. The van der Waals surface area contributed by atoms with E-state index >= 15 is 0 Å². The Morgan fingerprint density at radius 2 is 1.94 bits per heavy atom. The van der Waals surface area contributed by atoms with Gasteiger partial charge in [0, 0.05) is 44.6 Å². The number of aliphatic hydroxyl groups is 1. The summed E-state index contributed by atoms with van der Waals surface area (Å²) in [5.41, 5.74) is 0.980. The summed E-state index contributed by atoms with van der Waals surface area (Å²) in [4.78, 5) is 22.0. The van der Waals surface area contributed by atoms with Gasteiger partial charge >= 0.3 is 0 Å². The molecule has 3 saturated heterocycles. The summed E-state index contributed by atoms with van der Waals surface area (Å²) in [7, 11) is 1.92. The first-order valence-corrected chi connectivity index (χ1v) is 11.2. The van der Waals surface area contributed by atoms with Crippen LogP contribution in [0.1, 0.15) is 31.5 Å². The molecule has 8 nitrogen and oxygen atoms in total. The topological polar surface area (TPSA) is 82.9 Å². The third-order valence-corrected chi connectivity index (χ3v) is 7.01. The molecular formula is C23H31N5O3. The predicted octanol–water partition coefficient (Wildman–Crippen LogP) is 1.71. The van der Waals surface area contributed by atoms with Gasteiger partial charge in [-0.2, -0.15) is 0 Å². The number of carbonyl (C=O) groups excluding carboxylic acids is 1. The van der Waals surface area contributed by atoms with E-state index in [-0.39, 0.29) is 18.0 Å². The highest BCUT2D eigenvalue weighted by atomic mass is 16.5. The maximum absolute atomic E-state index is 13.0. The fourth-order valence-corrected chi connectivity index (χ4v) is 5.59. The smallest absolute Gasteiger partial charge is 0.238 e. The number of carbonyl (C=O) groups is 1. The van der Waals surface area contributed by atoms with Gasteiger partial charge in [0.15, 0.2) is 0 Å². The Labute approximate surface area is 182 Å². The highest BCUT2D eigenvalue weighted by molar-refractivity contribution is 5.95. The van der Waals surface area contributed by atoms with E-state index in [1.165, 1.54) is 0 Å². The van der Waals surface area contributed by atoms with Crippen molar-refractivity contribution in [3.63, 3.8) is 0 Å². The second-order valence-electron chi connectivity index (χ2n) is 9.02. The molecule has 8 heteroatoms. The van der Waals surface area contributed by atoms with E-state index in [4.69, 9.17) is 4.74 Å². The van der Waals surface area contributed by atoms with Gasteiger partial charge in [-0.1, -0.05) is 12.1 Å². The lowest BCUT2D eigenvalue weighted by molar-refractivity contribution is -0.121. The number of morpholine rings is 1. The highest BCUT2D eigenvalue weighted by Crippen LogP contribution is 2.45. The maximum Gasteiger partial charge on any atom is 0.238 e. The lowest BCUT2D eigenvalue weighted by Gasteiger charge is -2.43. The first-order chi connectivity index (χ1) is 15.0. The Hall–Kier alpha value is -2.42. The summed E-state index contributed by atoms with van der Waals surface area (Å²) in [5, 5.41) is 14.5. The lowest BCUT2D eigenvalue weighted by Crippen LogP contribution is -2.52. The van der Waals surface area contributed by atoms with Crippen molar-refractivity contribution in [2.45, 2.75) is 43.4 Å². The molecule has 2 N–H and O–H groups in total. The number of amides is 1. The number of hydrogen-bond acceptors (Lipinski definition) is 6. The molecule has 0 aliphatic carbocycles. The fourth-order valence-electron chi connectivity index (χ4n) is 5.59. The molecule has 31 heavy (non-hydrogen) atoms. The van der Waals surface area contributed by atoms with E-state index in [1.807, 2.05) is 36.0 Å². The number of benzene rings is 1. The number of rotatable bonds is 5. The van der Waals surface area contributed by atoms with Crippen molar-refractivity contribution >= 4 is 17.3 Å². The molecule has 4 heterocycles. The lowest BCUT2D eigenvalue weighted by atomic mass is 9.85. The molecule has 3 aliphatic heterocycles. The Kier molecular flexibility index (Phi) is 5.45. The van der Waals surface area contributed by atoms with E-state index in [0.717, 1.165) is 43.1 Å². The minimum Gasteiger partial charge on any atom is -0.382 e. The zero-order valence-electron chi connectivity index (χ0n) is 18.0. The van der Waals surface area contributed by atoms with Crippen molar-refractivity contribution in [2.24, 2.45) is 7.05 Å². The van der Waals surface area contributed by atoms with Crippen molar-refractivity contribution in [1.82, 2.24) is 14.5 Å². The van der Waals surface area contributed by atoms with Gasteiger partial charge < -0.3 is 24.6 Å². The monoisotopic (exact) mass is 425 g/mol. The van der Waals surface area contributed by atoms with E-state index in [2.05, 4.69) is 26.2 Å². The molecule has 2 bridgehead atoms. The largest absolute Gasteiger partial charge is 0.382 e. The van der Waals surface area contributed by atoms with Crippen LogP contribution >= 0.6 is 0 Å². The molecule has 2 atom stereocenters. The van der Waals surface area contributed by atoms with Gasteiger partial charge in [0.05, 0.1) is 31.1 Å². The van der Waals surface area contributed by atoms with Crippen molar-refractivity contribution in [1.29, 1.82) is 0 Å². The van der Waals surface area contributed by atoms with Crippen LogP contribution in [-0.2, 0) is 22.2 Å². The SMILES string of the molecule is Cn1ccnc1C1(O)C[C@H]2CC[C@H](C1)N2CC(=O)Nc1ccccc1N1CCOCC1. The van der Waals surface area contributed by atoms with Gasteiger partial charge in [-0.05, 0) is 37.8 Å². The van der Waals surface area contributed by atoms with Crippen molar-refractivity contribution in [3.05, 3.63) is 42.5 Å². The second-order valence-corrected chi connectivity index (χ2v) is 9.02. The van der Waals surface area contributed by atoms with Gasteiger partial charge in [0.25, 0.3) is 0 Å². The minimum atomic E-state index is -0.917. The van der Waals surface area contributed by atoms with Crippen LogP contribution in [0.3, 0.4) is 0 Å². The number of anilines is 2. The number of nitrogens with one attached hydrogen (secondary N) is 1. The molecule has 1 aromatic carbocycles. The summed E-state index contributed by atoms with van der Waals surface area (Å²) < 4.78 is 7.37. The molecular weight excluding hydrogens is 394 g/mol. The maximum atomic E-state index is 13.0. The number of fused-ring (bicyclic) bond motifs is 2. The van der Waals surface area contributed by atoms with Gasteiger partial charge in [-0.25, -0.2) is 4.98 Å². The third kappa shape index (κ3) is 3.95. The van der Waals surface area contributed by atoms with Gasteiger partial charge in [-0.15, -0.1) is 0 Å². The highest BCUT2D eigenvalue weighted by Gasteiger charge is 2.50. The molecule has 3 fully saturated rings. The van der Waals surface area contributed by atoms with Crippen molar-refractivity contribution in [2.75, 3.05) is 43.1 Å². The van der Waals surface area contributed by atoms with E-state index in [1.54, 1.807) is 6.20 Å². The summed E-state index contributed by atoms with van der Waals surface area (Å²) in [6.45, 7) is 3.42. The molecule has 0 radical (unpaired) electrons. The van der Waals surface area contributed by atoms with Crippen molar-refractivity contribution in [3.8, 4) is 0 Å². The van der Waals surface area contributed by atoms with Crippen LogP contribution in [0.4, 0.5) is 11.4 Å². The summed E-state index contributed by atoms with van der Waals surface area (Å²) in [6, 6.07) is 8.37. The summed E-state index contributed by atoms with van der Waals surface area (Å²) >= 11 is 0. The Balaban J connectivity index is 1.26. The van der Waals surface area contributed by atoms with Crippen LogP contribution in [0.15, 0.2) is 36.7 Å². The molecule has 0 unspecified atom stereocenters. The van der Waals surface area contributed by atoms with Crippen molar-refractivity contribution < 1.29 is 14.6 Å². The van der Waals surface area contributed by atoms with Gasteiger partial charge in [-0.3, -0.25) is 9.69 Å². The van der Waals surface area contributed by atoms with Gasteiger partial charge in [0.1, 0.15) is 11.4 Å². The molecule has 166 valence electrons. The number of hydrogen-bond donors (Lipinski definition) is 2. The first kappa shape index (κ1) is 20.5. The molecule has 0 saturated carbocycles. The van der Waals surface area contributed by atoms with E-state index in [9.17, 15) is 9.90 Å². The van der Waals surface area contributed by atoms with Crippen LogP contribution < -0.4 is 10.2 Å². The molecule has 3 aliphatic rings. The van der Waals surface area contributed by atoms with E-state index < -0.39 is 5.60 Å². The number of piperidine rings is 1. The third-order valence-electron chi connectivity index (χ3n) is 7.01. The Morgan fingerprint density at radius 1 is 1.23 bits per heavy atom. The zero-order valence-corrected chi connectivity index (χ0v) is 18.0. The normalized spacial score (nSPS) is 28.6. The summed E-state index contributed by atoms with van der Waals surface area (Å²) in [6.07, 6.45) is 6.87. The number of imidazole rings is 1. The molecule has 5 rings (SSSR count). The number of nitrogens with zero attached hydrogens (tertiary/aromatic N) is 4. The molecule has 0 spiro atoms. The second kappa shape index (κ2) is 8.26. The van der Waals surface area contributed by atoms with Crippen LogP contribution in [0, 0.1) is 0 Å². The zero-order chi connectivity index (χ0) is 21.4.